The van der Waals surface area contributed by atoms with Gasteiger partial charge in [0.2, 0.25) is 5.95 Å². The highest BCUT2D eigenvalue weighted by atomic mass is 19.3. The van der Waals surface area contributed by atoms with Crippen LogP contribution in [-0.4, -0.2) is 88.3 Å². The number of halogens is 2. The molecule has 2 aromatic heterocycles. The van der Waals surface area contributed by atoms with Gasteiger partial charge in [-0.05, 0) is 25.0 Å². The van der Waals surface area contributed by atoms with Gasteiger partial charge in [-0.1, -0.05) is 12.1 Å². The lowest BCUT2D eigenvalue weighted by Gasteiger charge is -2.42. The Labute approximate surface area is 206 Å². The highest BCUT2D eigenvalue weighted by molar-refractivity contribution is 5.78. The van der Waals surface area contributed by atoms with Crippen LogP contribution in [0.2, 0.25) is 0 Å². The Balaban J connectivity index is 1.45. The SMILES string of the molecule is NC(C=O)N1[C@@H]2CC[C@@H]1CN(c1nc(N3CCOCC3)cc(-n3c(C(F)F)nc4ccccc43)n1)C2. The number of carbonyl (C=O) groups excluding carboxylic acids is 1. The van der Waals surface area contributed by atoms with Crippen molar-refractivity contribution in [2.75, 3.05) is 49.2 Å². The summed E-state index contributed by atoms with van der Waals surface area (Å²) in [5.74, 6) is 1.14. The normalized spacial score (nSPS) is 23.6. The molecule has 0 aliphatic carbocycles. The van der Waals surface area contributed by atoms with Crippen molar-refractivity contribution in [2.45, 2.75) is 37.5 Å². The first kappa shape index (κ1) is 23.2. The Morgan fingerprint density at radius 1 is 1.00 bits per heavy atom. The first-order valence-electron chi connectivity index (χ1n) is 12.2. The zero-order valence-electron chi connectivity index (χ0n) is 19.7. The van der Waals surface area contributed by atoms with Gasteiger partial charge in [-0.2, -0.15) is 9.97 Å². The molecule has 10 nitrogen and oxygen atoms in total. The summed E-state index contributed by atoms with van der Waals surface area (Å²) in [6, 6.07) is 9.02. The summed E-state index contributed by atoms with van der Waals surface area (Å²) >= 11 is 0. The van der Waals surface area contributed by atoms with Gasteiger partial charge in [-0.15, -0.1) is 0 Å². The number of rotatable bonds is 6. The van der Waals surface area contributed by atoms with E-state index >= 15 is 0 Å². The van der Waals surface area contributed by atoms with Crippen LogP contribution in [0.1, 0.15) is 25.1 Å². The molecule has 5 heterocycles. The van der Waals surface area contributed by atoms with Crippen LogP contribution in [0.3, 0.4) is 0 Å². The van der Waals surface area contributed by atoms with Gasteiger partial charge >= 0.3 is 0 Å². The van der Waals surface area contributed by atoms with Gasteiger partial charge in [0, 0.05) is 44.3 Å². The zero-order valence-corrected chi connectivity index (χ0v) is 19.7. The van der Waals surface area contributed by atoms with Crippen molar-refractivity contribution in [3.8, 4) is 5.82 Å². The number of hydrogen-bond donors (Lipinski definition) is 1. The Hall–Kier alpha value is -3.22. The number of benzene rings is 1. The van der Waals surface area contributed by atoms with Crippen molar-refractivity contribution in [3.63, 3.8) is 0 Å². The molecule has 0 radical (unpaired) electrons. The molecule has 1 aromatic carbocycles. The molecule has 2 bridgehead atoms. The van der Waals surface area contributed by atoms with Crippen LogP contribution in [0.4, 0.5) is 20.5 Å². The van der Waals surface area contributed by atoms with Gasteiger partial charge in [-0.25, -0.2) is 13.8 Å². The zero-order chi connectivity index (χ0) is 24.8. The molecule has 0 spiro atoms. The lowest BCUT2D eigenvalue weighted by molar-refractivity contribution is -0.113. The minimum atomic E-state index is -2.77. The van der Waals surface area contributed by atoms with E-state index in [4.69, 9.17) is 20.4 Å². The molecule has 3 fully saturated rings. The lowest BCUT2D eigenvalue weighted by atomic mass is 10.2. The average molecular weight is 499 g/mol. The Morgan fingerprint density at radius 2 is 1.69 bits per heavy atom. The second-order valence-corrected chi connectivity index (χ2v) is 9.44. The molecule has 3 aliphatic rings. The molecule has 36 heavy (non-hydrogen) atoms. The summed E-state index contributed by atoms with van der Waals surface area (Å²) in [6.45, 7) is 3.65. The number of morpholine rings is 1. The predicted octanol–water partition coefficient (Wildman–Crippen LogP) is 1.73. The van der Waals surface area contributed by atoms with Gasteiger partial charge < -0.3 is 25.1 Å². The number of nitrogens with two attached hydrogens (primary N) is 1. The summed E-state index contributed by atoms with van der Waals surface area (Å²) in [5, 5.41) is 0. The number of fused-ring (bicyclic) bond motifs is 3. The first-order chi connectivity index (χ1) is 17.5. The third-order valence-electron chi connectivity index (χ3n) is 7.34. The van der Waals surface area contributed by atoms with E-state index in [1.54, 1.807) is 30.3 Å². The molecular formula is C24H28F2N8O2. The van der Waals surface area contributed by atoms with Gasteiger partial charge in [0.25, 0.3) is 6.43 Å². The number of aldehydes is 1. The fourth-order valence-corrected chi connectivity index (χ4v) is 5.71. The summed E-state index contributed by atoms with van der Waals surface area (Å²) in [7, 11) is 0. The summed E-state index contributed by atoms with van der Waals surface area (Å²) in [4.78, 5) is 31.5. The number of carbonyl (C=O) groups is 1. The van der Waals surface area contributed by atoms with Gasteiger partial charge in [0.15, 0.2) is 12.1 Å². The fourth-order valence-electron chi connectivity index (χ4n) is 5.71. The highest BCUT2D eigenvalue weighted by Gasteiger charge is 2.43. The number of imidazole rings is 1. The lowest BCUT2D eigenvalue weighted by Crippen LogP contribution is -2.60. The van der Waals surface area contributed by atoms with E-state index in [0.717, 1.165) is 19.1 Å². The molecule has 3 saturated heterocycles. The number of hydrogen-bond acceptors (Lipinski definition) is 9. The largest absolute Gasteiger partial charge is 0.378 e. The van der Waals surface area contributed by atoms with E-state index in [1.165, 1.54) is 4.57 Å². The van der Waals surface area contributed by atoms with Crippen molar-refractivity contribution in [1.82, 2.24) is 24.4 Å². The third-order valence-corrected chi connectivity index (χ3v) is 7.34. The quantitative estimate of drug-likeness (QED) is 0.509. The van der Waals surface area contributed by atoms with Crippen molar-refractivity contribution in [3.05, 3.63) is 36.2 Å². The van der Waals surface area contributed by atoms with Gasteiger partial charge in [-0.3, -0.25) is 9.47 Å². The van der Waals surface area contributed by atoms with Gasteiger partial charge in [0.05, 0.1) is 24.2 Å². The molecule has 0 saturated carbocycles. The maximum Gasteiger partial charge on any atom is 0.296 e. The molecule has 3 aromatic rings. The van der Waals surface area contributed by atoms with E-state index in [2.05, 4.69) is 19.7 Å². The van der Waals surface area contributed by atoms with E-state index in [1.807, 2.05) is 0 Å². The first-order valence-corrected chi connectivity index (χ1v) is 12.2. The summed E-state index contributed by atoms with van der Waals surface area (Å²) in [5.41, 5.74) is 7.11. The average Bonchev–Trinajstić information content (AvgIpc) is 3.43. The molecule has 0 amide bonds. The standard InChI is InChI=1S/C24H28F2N8O2/c25-22(26)23-28-17-3-1-2-4-18(17)34(23)21-11-20(31-7-9-36-10-8-31)29-24(30-21)32-12-15-5-6-16(13-32)33(15)19(27)14-35/h1-4,11,14-16,19,22H,5-10,12-13,27H2/t15-,16-,19?/m1/s1. The van der Waals surface area contributed by atoms with Crippen molar-refractivity contribution >= 4 is 29.1 Å². The molecule has 3 atom stereocenters. The van der Waals surface area contributed by atoms with Crippen molar-refractivity contribution in [1.29, 1.82) is 0 Å². The van der Waals surface area contributed by atoms with E-state index in [-0.39, 0.29) is 17.9 Å². The minimum Gasteiger partial charge on any atom is -0.378 e. The maximum absolute atomic E-state index is 14.1. The second-order valence-electron chi connectivity index (χ2n) is 9.44. The minimum absolute atomic E-state index is 0.105. The number of ether oxygens (including phenoxy) is 1. The predicted molar refractivity (Wildman–Crippen MR) is 130 cm³/mol. The Kier molecular flexibility index (Phi) is 6.02. The van der Waals surface area contributed by atoms with E-state index < -0.39 is 12.6 Å². The molecule has 3 aliphatic heterocycles. The van der Waals surface area contributed by atoms with E-state index in [9.17, 15) is 13.6 Å². The molecule has 190 valence electrons. The number of piperazine rings is 1. The summed E-state index contributed by atoms with van der Waals surface area (Å²) < 4.78 is 35.2. The monoisotopic (exact) mass is 498 g/mol. The maximum atomic E-state index is 14.1. The van der Waals surface area contributed by atoms with Crippen LogP contribution in [-0.2, 0) is 9.53 Å². The molecule has 1 unspecified atom stereocenters. The van der Waals surface area contributed by atoms with E-state index in [0.29, 0.717) is 68.0 Å². The van der Waals surface area contributed by atoms with Crippen molar-refractivity contribution in [2.24, 2.45) is 5.73 Å². The van der Waals surface area contributed by atoms with Crippen LogP contribution < -0.4 is 15.5 Å². The van der Waals surface area contributed by atoms with Crippen molar-refractivity contribution < 1.29 is 18.3 Å². The third kappa shape index (κ3) is 3.98. The second kappa shape index (κ2) is 9.34. The summed E-state index contributed by atoms with van der Waals surface area (Å²) in [6.07, 6.45) is -0.760. The van der Waals surface area contributed by atoms with Gasteiger partial charge in [0.1, 0.15) is 17.8 Å². The number of anilines is 2. The van der Waals surface area contributed by atoms with Crippen LogP contribution in [0, 0.1) is 0 Å². The number of aromatic nitrogens is 4. The van der Waals surface area contributed by atoms with Crippen LogP contribution in [0.5, 0.6) is 0 Å². The molecule has 12 heteroatoms. The smallest absolute Gasteiger partial charge is 0.296 e. The molecular weight excluding hydrogens is 470 g/mol. The number of para-hydroxylation sites is 2. The number of nitrogens with zero attached hydrogens (tertiary/aromatic N) is 7. The Bertz CT molecular complexity index is 1250. The molecule has 6 rings (SSSR count). The topological polar surface area (TPSA) is 106 Å². The number of alkyl halides is 2. The molecule has 2 N–H and O–H groups in total. The Morgan fingerprint density at radius 3 is 2.39 bits per heavy atom. The highest BCUT2D eigenvalue weighted by Crippen LogP contribution is 2.34. The van der Waals surface area contributed by atoms with Crippen LogP contribution in [0.25, 0.3) is 16.9 Å². The van der Waals surface area contributed by atoms with Crippen LogP contribution >= 0.6 is 0 Å². The fraction of sp³-hybridized carbons (Fsp3) is 0.500. The van der Waals surface area contributed by atoms with Crippen LogP contribution in [0.15, 0.2) is 30.3 Å².